The second-order valence-corrected chi connectivity index (χ2v) is 17.7. The Balaban J connectivity index is 1.23. The molecule has 0 radical (unpaired) electrons. The lowest BCUT2D eigenvalue weighted by atomic mass is 9.84. The molecule has 54 heavy (non-hydrogen) atoms. The van der Waals surface area contributed by atoms with Crippen LogP contribution in [0.15, 0.2) is 12.7 Å². The summed E-state index contributed by atoms with van der Waals surface area (Å²) in [4.78, 5) is 35.2. The first kappa shape index (κ1) is 46.2. The minimum atomic E-state index is -4.83. The number of nitrogen functional groups attached to an aromatic ring is 1. The van der Waals surface area contributed by atoms with Crippen LogP contribution >= 0.6 is 7.82 Å². The van der Waals surface area contributed by atoms with E-state index in [0.717, 1.165) is 12.8 Å². The summed E-state index contributed by atoms with van der Waals surface area (Å²) in [7, 11) is -4.83. The van der Waals surface area contributed by atoms with Crippen molar-refractivity contribution in [1.29, 1.82) is 0 Å². The number of phosphoric acid groups is 1. The standard InChI is InChI=1S/C40H72N5O8P/c1-6-7-8-9-10-11-12-13-14-15-16-17-18-19-20-21-22-29(2)23-30(3)24-31(4)25-32(5)40(48)53-54(49,50)51-26-33-35(46)36(47)39(52-33)45-28-44-34-37(41)42-27-43-38(34)45/h27-33,35-36,39,46-47H,6-26H2,1-5H3,(H,49,50)(H2,41,42,43)/t29-,30-,31-,32-,33-,35-,36-,39-/m1/s1. The minimum absolute atomic E-state index is 0.137. The van der Waals surface area contributed by atoms with Crippen molar-refractivity contribution in [3.8, 4) is 0 Å². The summed E-state index contributed by atoms with van der Waals surface area (Å²) in [6.45, 7) is 10.0. The number of fused-ring (bicyclic) bond motifs is 1. The van der Waals surface area contributed by atoms with Crippen molar-refractivity contribution in [1.82, 2.24) is 19.5 Å². The highest BCUT2D eigenvalue weighted by Gasteiger charge is 2.46. The molecule has 0 amide bonds. The Kier molecular flexibility index (Phi) is 21.0. The second-order valence-electron chi connectivity index (χ2n) is 16.3. The molecule has 1 fully saturated rings. The number of nitrogens with zero attached hydrogens (tertiary/aromatic N) is 4. The Morgan fingerprint density at radius 3 is 1.94 bits per heavy atom. The fourth-order valence-electron chi connectivity index (χ4n) is 7.98. The van der Waals surface area contributed by atoms with E-state index in [4.69, 9.17) is 19.5 Å². The molecule has 2 aromatic heterocycles. The number of nitrogens with two attached hydrogens (primary N) is 1. The number of anilines is 1. The molecule has 13 nitrogen and oxygen atoms in total. The van der Waals surface area contributed by atoms with E-state index in [9.17, 15) is 24.5 Å². The lowest BCUT2D eigenvalue weighted by molar-refractivity contribution is -0.141. The summed E-state index contributed by atoms with van der Waals surface area (Å²) >= 11 is 0. The highest BCUT2D eigenvalue weighted by Crippen LogP contribution is 2.45. The number of hydrogen-bond acceptors (Lipinski definition) is 11. The minimum Gasteiger partial charge on any atom is -0.387 e. The van der Waals surface area contributed by atoms with Gasteiger partial charge in [-0.3, -0.25) is 18.8 Å². The number of hydrogen-bond donors (Lipinski definition) is 4. The third-order valence-corrected chi connectivity index (χ3v) is 11.8. The molecule has 5 N–H and O–H groups in total. The molecule has 310 valence electrons. The molecule has 2 aromatic rings. The molecule has 0 saturated carbocycles. The quantitative estimate of drug-likeness (QED) is 0.0453. The molecule has 0 bridgehead atoms. The molecule has 1 aliphatic heterocycles. The van der Waals surface area contributed by atoms with Crippen LogP contribution < -0.4 is 5.73 Å². The van der Waals surface area contributed by atoms with Gasteiger partial charge in [-0.05, 0) is 37.0 Å². The van der Waals surface area contributed by atoms with E-state index in [1.807, 2.05) is 0 Å². The van der Waals surface area contributed by atoms with Crippen molar-refractivity contribution in [2.24, 2.45) is 23.7 Å². The van der Waals surface area contributed by atoms with Gasteiger partial charge < -0.3 is 25.2 Å². The van der Waals surface area contributed by atoms with Gasteiger partial charge in [0.15, 0.2) is 17.7 Å². The number of aliphatic hydroxyl groups excluding tert-OH is 2. The lowest BCUT2D eigenvalue weighted by Crippen LogP contribution is -2.33. The van der Waals surface area contributed by atoms with Gasteiger partial charge in [0.25, 0.3) is 0 Å². The fraction of sp³-hybridized carbons (Fsp3) is 0.850. The zero-order valence-corrected chi connectivity index (χ0v) is 34.7. The number of carbonyl (C=O) groups excluding carboxylic acids is 1. The van der Waals surface area contributed by atoms with Crippen LogP contribution in [0.3, 0.4) is 0 Å². The first-order chi connectivity index (χ1) is 25.8. The smallest absolute Gasteiger partial charge is 0.387 e. The van der Waals surface area contributed by atoms with Crippen molar-refractivity contribution in [2.75, 3.05) is 12.3 Å². The Morgan fingerprint density at radius 2 is 1.35 bits per heavy atom. The van der Waals surface area contributed by atoms with E-state index < -0.39 is 50.9 Å². The van der Waals surface area contributed by atoms with E-state index in [1.54, 1.807) is 6.92 Å². The Hall–Kier alpha value is -2.15. The SMILES string of the molecule is CCCCCCCCCCCCCCCCCC[C@@H](C)C[C@@H](C)C[C@@H](C)C[C@@H](C)C(=O)OP(=O)(O)OC[C@H]1O[C@@H](n2cnc3c(N)ncnc32)[C@H](O)[C@@H]1O. The number of rotatable bonds is 29. The summed E-state index contributed by atoms with van der Waals surface area (Å²) in [5.74, 6) is 0.0912. The topological polar surface area (TPSA) is 192 Å². The summed E-state index contributed by atoms with van der Waals surface area (Å²) in [6.07, 6.45) is 23.3. The zero-order valence-electron chi connectivity index (χ0n) is 33.8. The van der Waals surface area contributed by atoms with Crippen molar-refractivity contribution >= 4 is 30.8 Å². The number of phosphoric ester groups is 1. The first-order valence-corrected chi connectivity index (χ1v) is 22.5. The molecule has 1 aliphatic rings. The van der Waals surface area contributed by atoms with Crippen LogP contribution in [0.25, 0.3) is 11.2 Å². The van der Waals surface area contributed by atoms with Gasteiger partial charge in [-0.15, -0.1) is 0 Å². The van der Waals surface area contributed by atoms with Crippen molar-refractivity contribution < 1.29 is 38.3 Å². The van der Waals surface area contributed by atoms with Crippen LogP contribution in [0.1, 0.15) is 169 Å². The van der Waals surface area contributed by atoms with Crippen LogP contribution in [-0.4, -0.2) is 65.5 Å². The van der Waals surface area contributed by atoms with Crippen LogP contribution in [0.2, 0.25) is 0 Å². The van der Waals surface area contributed by atoms with Gasteiger partial charge in [0.2, 0.25) is 0 Å². The maximum atomic E-state index is 12.8. The Morgan fingerprint density at radius 1 is 0.815 bits per heavy atom. The molecule has 0 aliphatic carbocycles. The normalized spacial score (nSPS) is 22.2. The molecular weight excluding hydrogens is 709 g/mol. The Labute approximate surface area is 324 Å². The summed E-state index contributed by atoms with van der Waals surface area (Å²) in [6, 6.07) is 0. The van der Waals surface area contributed by atoms with Gasteiger partial charge in [0.1, 0.15) is 30.2 Å². The third kappa shape index (κ3) is 16.1. The van der Waals surface area contributed by atoms with Gasteiger partial charge in [-0.25, -0.2) is 19.5 Å². The number of carbonyl (C=O) groups is 1. The molecule has 0 aromatic carbocycles. The van der Waals surface area contributed by atoms with Crippen LogP contribution in [0.4, 0.5) is 5.82 Å². The number of imidazole rings is 1. The number of aromatic nitrogens is 4. The summed E-state index contributed by atoms with van der Waals surface area (Å²) in [5.41, 5.74) is 6.40. The molecular formula is C40H72N5O8P. The summed E-state index contributed by atoms with van der Waals surface area (Å²) < 4.78 is 29.7. The van der Waals surface area contributed by atoms with Crippen LogP contribution in [0, 0.1) is 23.7 Å². The Bertz CT molecular complexity index is 1400. The first-order valence-electron chi connectivity index (χ1n) is 21.0. The van der Waals surface area contributed by atoms with Gasteiger partial charge in [-0.2, -0.15) is 0 Å². The van der Waals surface area contributed by atoms with Gasteiger partial charge in [0.05, 0.1) is 18.9 Å². The predicted molar refractivity (Wildman–Crippen MR) is 212 cm³/mol. The van der Waals surface area contributed by atoms with Crippen molar-refractivity contribution in [2.45, 2.75) is 188 Å². The molecule has 1 saturated heterocycles. The van der Waals surface area contributed by atoms with E-state index in [0.29, 0.717) is 23.8 Å². The highest BCUT2D eigenvalue weighted by atomic mass is 31.2. The molecule has 3 heterocycles. The van der Waals surface area contributed by atoms with Crippen molar-refractivity contribution in [3.05, 3.63) is 12.7 Å². The molecule has 14 heteroatoms. The van der Waals surface area contributed by atoms with Gasteiger partial charge in [-0.1, -0.05) is 144 Å². The molecule has 3 rings (SSSR count). The lowest BCUT2D eigenvalue weighted by Gasteiger charge is -2.23. The largest absolute Gasteiger partial charge is 0.529 e. The van der Waals surface area contributed by atoms with Crippen LogP contribution in [0.5, 0.6) is 0 Å². The van der Waals surface area contributed by atoms with E-state index in [2.05, 4.69) is 42.6 Å². The predicted octanol–water partition coefficient (Wildman–Crippen LogP) is 9.05. The van der Waals surface area contributed by atoms with E-state index in [-0.39, 0.29) is 17.4 Å². The average molecular weight is 782 g/mol. The van der Waals surface area contributed by atoms with Gasteiger partial charge >= 0.3 is 13.8 Å². The number of ether oxygens (including phenoxy) is 1. The third-order valence-electron chi connectivity index (χ3n) is 10.9. The second kappa shape index (κ2) is 24.5. The van der Waals surface area contributed by atoms with Crippen LogP contribution in [-0.2, 0) is 23.1 Å². The number of unbranched alkanes of at least 4 members (excludes halogenated alkanes) is 15. The maximum absolute atomic E-state index is 12.8. The zero-order chi connectivity index (χ0) is 39.5. The average Bonchev–Trinajstić information content (AvgIpc) is 3.67. The van der Waals surface area contributed by atoms with E-state index >= 15 is 0 Å². The molecule has 9 atom stereocenters. The van der Waals surface area contributed by atoms with Crippen molar-refractivity contribution in [3.63, 3.8) is 0 Å². The highest BCUT2D eigenvalue weighted by molar-refractivity contribution is 7.48. The summed E-state index contributed by atoms with van der Waals surface area (Å²) in [5, 5.41) is 21.2. The van der Waals surface area contributed by atoms with E-state index in [1.165, 1.54) is 126 Å². The fourth-order valence-corrected chi connectivity index (χ4v) is 8.77. The monoisotopic (exact) mass is 782 g/mol. The maximum Gasteiger partial charge on any atom is 0.529 e. The molecule has 1 unspecified atom stereocenters. The number of aliphatic hydroxyl groups is 2. The van der Waals surface area contributed by atoms with Gasteiger partial charge in [0, 0.05) is 0 Å². The molecule has 0 spiro atoms.